The maximum Gasteiger partial charge on any atom is 0.155 e. The highest BCUT2D eigenvalue weighted by Crippen LogP contribution is 2.55. The second-order valence-corrected chi connectivity index (χ2v) is 23.8. The maximum atomic E-state index is 18.3. The van der Waals surface area contributed by atoms with Crippen LogP contribution in [0.5, 0.6) is 0 Å². The van der Waals surface area contributed by atoms with E-state index in [1.165, 1.54) is 22.1 Å². The minimum atomic E-state index is -0.504. The summed E-state index contributed by atoms with van der Waals surface area (Å²) in [5.41, 5.74) is 20.6. The SMILES string of the molecule is Cc1c2c3c(cccc3c3cc(CN(c4ccccc4-c4ccccc4)c4cc(-c5ccccc5)cc(-c5ccccc5)c4F)ccc13)C(C)(C)c1cc(N(c3ccccc3-c3ccccc3)c3cc(-c4ccccc4)cc(-c4ccccc4)c3F)ccc1-2. The maximum absolute atomic E-state index is 18.3. The van der Waals surface area contributed by atoms with Crippen LogP contribution in [0, 0.1) is 18.6 Å². The van der Waals surface area contributed by atoms with Gasteiger partial charge in [0.2, 0.25) is 0 Å². The van der Waals surface area contributed by atoms with Crippen molar-refractivity contribution in [2.24, 2.45) is 0 Å². The lowest BCUT2D eigenvalue weighted by molar-refractivity contribution is 0.628. The molecule has 0 saturated carbocycles. The summed E-state index contributed by atoms with van der Waals surface area (Å²) in [4.78, 5) is 4.33. The molecule has 1 aliphatic rings. The zero-order valence-electron chi connectivity index (χ0n) is 49.8. The van der Waals surface area contributed by atoms with E-state index >= 15 is 8.78 Å². The van der Waals surface area contributed by atoms with Crippen molar-refractivity contribution < 1.29 is 8.78 Å². The second-order valence-electron chi connectivity index (χ2n) is 23.8. The number of fused-ring (bicyclic) bond motifs is 4. The minimum absolute atomic E-state index is 0.285. The molecule has 0 heterocycles. The highest BCUT2D eigenvalue weighted by molar-refractivity contribution is 6.19. The van der Waals surface area contributed by atoms with Gasteiger partial charge >= 0.3 is 0 Å². The van der Waals surface area contributed by atoms with E-state index in [0.29, 0.717) is 29.0 Å². The molecule has 0 bridgehead atoms. The van der Waals surface area contributed by atoms with Crippen LogP contribution >= 0.6 is 0 Å². The quantitative estimate of drug-likeness (QED) is 0.106. The van der Waals surface area contributed by atoms with E-state index in [-0.39, 0.29) is 11.6 Å². The molecular formula is C85H62F2N2. The normalized spacial score (nSPS) is 12.2. The van der Waals surface area contributed by atoms with E-state index in [9.17, 15) is 0 Å². The van der Waals surface area contributed by atoms with Gasteiger partial charge in [-0.1, -0.05) is 269 Å². The van der Waals surface area contributed by atoms with E-state index < -0.39 is 5.41 Å². The second kappa shape index (κ2) is 22.7. The molecule has 426 valence electrons. The van der Waals surface area contributed by atoms with Crippen LogP contribution in [0.1, 0.15) is 36.1 Å². The molecule has 0 amide bonds. The number of anilines is 5. The van der Waals surface area contributed by atoms with Crippen LogP contribution in [0.2, 0.25) is 0 Å². The first-order valence-corrected chi connectivity index (χ1v) is 30.6. The van der Waals surface area contributed by atoms with Crippen LogP contribution < -0.4 is 9.80 Å². The van der Waals surface area contributed by atoms with Crippen molar-refractivity contribution in [1.82, 2.24) is 0 Å². The first-order valence-electron chi connectivity index (χ1n) is 30.6. The van der Waals surface area contributed by atoms with Crippen molar-refractivity contribution in [2.45, 2.75) is 32.7 Å². The van der Waals surface area contributed by atoms with Crippen molar-refractivity contribution in [3.8, 4) is 77.9 Å². The topological polar surface area (TPSA) is 6.48 Å². The van der Waals surface area contributed by atoms with Crippen molar-refractivity contribution in [1.29, 1.82) is 0 Å². The van der Waals surface area contributed by atoms with E-state index in [2.05, 4.69) is 206 Å². The molecule has 0 saturated heterocycles. The molecule has 0 spiro atoms. The number of hydrogen-bond acceptors (Lipinski definition) is 2. The molecule has 1 aliphatic carbocycles. The summed E-state index contributed by atoms with van der Waals surface area (Å²) in [5, 5.41) is 4.67. The number of halogens is 2. The van der Waals surface area contributed by atoms with Crippen LogP contribution in [-0.4, -0.2) is 0 Å². The highest BCUT2D eigenvalue weighted by Gasteiger charge is 2.37. The third-order valence-corrected chi connectivity index (χ3v) is 18.2. The molecule has 89 heavy (non-hydrogen) atoms. The summed E-state index contributed by atoms with van der Waals surface area (Å²) in [5.74, 6) is -0.591. The Bertz CT molecular complexity index is 4970. The predicted octanol–water partition coefficient (Wildman–Crippen LogP) is 23.7. The Morgan fingerprint density at radius 2 is 0.775 bits per heavy atom. The third kappa shape index (κ3) is 9.75. The lowest BCUT2D eigenvalue weighted by Gasteiger charge is -2.38. The van der Waals surface area contributed by atoms with Crippen LogP contribution in [0.4, 0.5) is 37.2 Å². The Balaban J connectivity index is 0.911. The molecule has 14 aromatic carbocycles. The van der Waals surface area contributed by atoms with Crippen molar-refractivity contribution >= 4 is 50.0 Å². The summed E-state index contributed by atoms with van der Waals surface area (Å²) in [7, 11) is 0. The molecule has 2 nitrogen and oxygen atoms in total. The summed E-state index contributed by atoms with van der Waals surface area (Å²) in [6.07, 6.45) is 0. The molecule has 4 heteroatoms. The van der Waals surface area contributed by atoms with Crippen molar-refractivity contribution in [3.05, 3.63) is 343 Å². The van der Waals surface area contributed by atoms with Gasteiger partial charge in [0.1, 0.15) is 0 Å². The van der Waals surface area contributed by atoms with E-state index in [0.717, 1.165) is 106 Å². The number of benzene rings is 14. The van der Waals surface area contributed by atoms with Gasteiger partial charge < -0.3 is 9.80 Å². The Kier molecular flexibility index (Phi) is 14.0. The molecule has 0 radical (unpaired) electrons. The van der Waals surface area contributed by atoms with Gasteiger partial charge in [0.25, 0.3) is 0 Å². The smallest absolute Gasteiger partial charge is 0.155 e. The summed E-state index contributed by atoms with van der Waals surface area (Å²) < 4.78 is 36.4. The number of para-hydroxylation sites is 2. The molecule has 15 rings (SSSR count). The van der Waals surface area contributed by atoms with Gasteiger partial charge in [-0.15, -0.1) is 0 Å². The summed E-state index contributed by atoms with van der Waals surface area (Å²) >= 11 is 0. The minimum Gasteiger partial charge on any atom is -0.334 e. The Hall–Kier alpha value is -10.9. The monoisotopic (exact) mass is 1150 g/mol. The van der Waals surface area contributed by atoms with Crippen molar-refractivity contribution in [2.75, 3.05) is 9.80 Å². The molecule has 0 aliphatic heterocycles. The standard InChI is InChI=1S/C85H62F2N2/c1-56-67-47-45-57(55-88(77-43-24-22-39-68(77)60-31-14-6-15-32-60)79-52-64(58-27-10-4-11-28-58)50-72(83(79)86)62-35-18-8-19-36-62)49-74(67)70-41-26-42-75-82(70)81(56)71-48-46-66(54-76(71)85(75,2)3)89(78-44-25-23-40-69(78)61-33-16-7-17-34-61)80-53-65(59-29-12-5-13-30-59)51-73(84(80)87)63-37-20-9-21-38-63/h4-54H,55H2,1-3H3. The summed E-state index contributed by atoms with van der Waals surface area (Å²) in [6, 6.07) is 106. The molecule has 0 aromatic heterocycles. The van der Waals surface area contributed by atoms with Crippen LogP contribution in [0.15, 0.2) is 309 Å². The molecule has 0 unspecified atom stereocenters. The van der Waals surface area contributed by atoms with Crippen LogP contribution in [-0.2, 0) is 12.0 Å². The van der Waals surface area contributed by atoms with Gasteiger partial charge in [0.15, 0.2) is 11.6 Å². The number of aryl methyl sites for hydroxylation is 1. The number of rotatable bonds is 13. The third-order valence-electron chi connectivity index (χ3n) is 18.2. The molecule has 14 aromatic rings. The zero-order valence-corrected chi connectivity index (χ0v) is 49.8. The van der Waals surface area contributed by atoms with E-state index in [1.807, 2.05) is 133 Å². The largest absolute Gasteiger partial charge is 0.334 e. The molecule has 0 fully saturated rings. The molecular weight excluding hydrogens is 1090 g/mol. The fraction of sp³-hybridized carbons (Fsp3) is 0.0588. The van der Waals surface area contributed by atoms with Gasteiger partial charge in [-0.25, -0.2) is 8.78 Å². The van der Waals surface area contributed by atoms with Gasteiger partial charge in [-0.05, 0) is 161 Å². The Morgan fingerprint density at radius 1 is 0.315 bits per heavy atom. The van der Waals surface area contributed by atoms with E-state index in [1.54, 1.807) is 0 Å². The number of nitrogens with zero attached hydrogens (tertiary/aromatic N) is 2. The van der Waals surface area contributed by atoms with E-state index in [4.69, 9.17) is 0 Å². The fourth-order valence-corrected chi connectivity index (χ4v) is 13.8. The Morgan fingerprint density at radius 3 is 1.33 bits per heavy atom. The average molecular weight is 1150 g/mol. The average Bonchev–Trinajstić information content (AvgIpc) is 0.774. The Labute approximate surface area is 519 Å². The highest BCUT2D eigenvalue weighted by atomic mass is 19.1. The fourth-order valence-electron chi connectivity index (χ4n) is 13.8. The van der Waals surface area contributed by atoms with Crippen LogP contribution in [0.3, 0.4) is 0 Å². The van der Waals surface area contributed by atoms with Crippen LogP contribution in [0.25, 0.3) is 99.4 Å². The lowest BCUT2D eigenvalue weighted by atomic mass is 9.67. The predicted molar refractivity (Wildman–Crippen MR) is 370 cm³/mol. The van der Waals surface area contributed by atoms with Gasteiger partial charge in [-0.2, -0.15) is 0 Å². The molecule has 0 N–H and O–H groups in total. The van der Waals surface area contributed by atoms with Crippen molar-refractivity contribution in [3.63, 3.8) is 0 Å². The van der Waals surface area contributed by atoms with Gasteiger partial charge in [0.05, 0.1) is 17.1 Å². The first-order chi connectivity index (χ1) is 43.7. The lowest BCUT2D eigenvalue weighted by Crippen LogP contribution is -2.25. The van der Waals surface area contributed by atoms with Gasteiger partial charge in [-0.3, -0.25) is 0 Å². The van der Waals surface area contributed by atoms with Gasteiger partial charge in [0, 0.05) is 45.6 Å². The summed E-state index contributed by atoms with van der Waals surface area (Å²) in [6.45, 7) is 7.31. The first kappa shape index (κ1) is 54.7. The molecule has 0 atom stereocenters. The number of hydrogen-bond donors (Lipinski definition) is 0. The zero-order chi connectivity index (χ0) is 60.2.